The van der Waals surface area contributed by atoms with Gasteiger partial charge in [0.15, 0.2) is 5.78 Å². The van der Waals surface area contributed by atoms with Crippen LogP contribution in [0.3, 0.4) is 0 Å². The molecule has 0 bridgehead atoms. The number of hydrogen-bond acceptors (Lipinski definition) is 5. The molecule has 1 aliphatic rings. The Morgan fingerprint density at radius 1 is 1.21 bits per heavy atom. The third-order valence-corrected chi connectivity index (χ3v) is 5.07. The predicted molar refractivity (Wildman–Crippen MR) is 103 cm³/mol. The first-order valence-corrected chi connectivity index (χ1v) is 8.96. The minimum Gasteiger partial charge on any atom is -0.368 e. The highest BCUT2D eigenvalue weighted by Gasteiger charge is 2.48. The van der Waals surface area contributed by atoms with Crippen LogP contribution in [-0.4, -0.2) is 22.9 Å². The van der Waals surface area contributed by atoms with Crippen LogP contribution in [-0.2, 0) is 15.1 Å². The van der Waals surface area contributed by atoms with E-state index in [1.54, 1.807) is 13.8 Å². The van der Waals surface area contributed by atoms with Crippen molar-refractivity contribution < 1.29 is 13.9 Å². The average Bonchev–Trinajstić information content (AvgIpc) is 2.63. The van der Waals surface area contributed by atoms with E-state index in [0.717, 1.165) is 23.1 Å². The molecule has 0 aromatic carbocycles. The standard InChI is InChI=1S/C22H22FN3O2/c1-13-6-15(7-14(2)26-13)18-8-17(23)11-25-19(18)22(28-5)9-16(10-24)20(27)21(3,4)12-22/h6-9,11H,12H2,1-5H3. The van der Waals surface area contributed by atoms with Gasteiger partial charge in [0, 0.05) is 29.5 Å². The average molecular weight is 379 g/mol. The Hall–Kier alpha value is -2.91. The van der Waals surface area contributed by atoms with Crippen molar-refractivity contribution in [2.45, 2.75) is 39.7 Å². The molecule has 0 saturated carbocycles. The van der Waals surface area contributed by atoms with E-state index in [4.69, 9.17) is 4.74 Å². The van der Waals surface area contributed by atoms with Crippen LogP contribution in [0.1, 0.15) is 37.4 Å². The smallest absolute Gasteiger partial charge is 0.178 e. The molecule has 0 amide bonds. The summed E-state index contributed by atoms with van der Waals surface area (Å²) in [5.74, 6) is -0.713. The van der Waals surface area contributed by atoms with Crippen molar-refractivity contribution in [1.82, 2.24) is 9.97 Å². The largest absolute Gasteiger partial charge is 0.368 e. The Balaban J connectivity index is 2.32. The van der Waals surface area contributed by atoms with E-state index in [1.165, 1.54) is 19.3 Å². The predicted octanol–water partition coefficient (Wildman–Crippen LogP) is 4.19. The number of aromatic nitrogens is 2. The SMILES string of the molecule is COC1(c2ncc(F)cc2-c2cc(C)nc(C)c2)C=C(C#N)C(=O)C(C)(C)C1. The van der Waals surface area contributed by atoms with Crippen LogP contribution in [0.5, 0.6) is 0 Å². The van der Waals surface area contributed by atoms with E-state index in [-0.39, 0.29) is 17.8 Å². The molecule has 1 unspecified atom stereocenters. The third-order valence-electron chi connectivity index (χ3n) is 5.07. The fourth-order valence-corrected chi connectivity index (χ4v) is 3.90. The van der Waals surface area contributed by atoms with E-state index >= 15 is 0 Å². The van der Waals surface area contributed by atoms with Gasteiger partial charge in [-0.1, -0.05) is 13.8 Å². The van der Waals surface area contributed by atoms with Crippen molar-refractivity contribution >= 4 is 5.78 Å². The number of nitriles is 1. The van der Waals surface area contributed by atoms with Crippen molar-refractivity contribution in [1.29, 1.82) is 5.26 Å². The second kappa shape index (κ2) is 6.92. The van der Waals surface area contributed by atoms with Crippen molar-refractivity contribution in [3.63, 3.8) is 0 Å². The number of aryl methyl sites for hydroxylation is 2. The first kappa shape index (κ1) is 19.8. The number of carbonyl (C=O) groups is 1. The Kier molecular flexibility index (Phi) is 4.90. The Morgan fingerprint density at radius 2 is 1.86 bits per heavy atom. The molecular formula is C22H22FN3O2. The van der Waals surface area contributed by atoms with Gasteiger partial charge in [0.05, 0.1) is 17.5 Å². The minimum absolute atomic E-state index is 0.0252. The van der Waals surface area contributed by atoms with Crippen LogP contribution in [0.4, 0.5) is 4.39 Å². The molecule has 28 heavy (non-hydrogen) atoms. The lowest BCUT2D eigenvalue weighted by Gasteiger charge is -2.40. The van der Waals surface area contributed by atoms with Gasteiger partial charge in [-0.2, -0.15) is 5.26 Å². The maximum Gasteiger partial charge on any atom is 0.178 e. The van der Waals surface area contributed by atoms with Crippen LogP contribution in [0.15, 0.2) is 36.0 Å². The first-order chi connectivity index (χ1) is 13.1. The van der Waals surface area contributed by atoms with Gasteiger partial charge >= 0.3 is 0 Å². The van der Waals surface area contributed by atoms with E-state index in [0.29, 0.717) is 11.3 Å². The van der Waals surface area contributed by atoms with E-state index in [1.807, 2.05) is 32.0 Å². The number of carbonyl (C=O) groups excluding carboxylic acids is 1. The number of allylic oxidation sites excluding steroid dienone is 1. The van der Waals surface area contributed by atoms with Gasteiger partial charge in [-0.05, 0) is 50.1 Å². The lowest BCUT2D eigenvalue weighted by molar-refractivity contribution is -0.128. The number of ketones is 1. The summed E-state index contributed by atoms with van der Waals surface area (Å²) in [6, 6.07) is 7.08. The van der Waals surface area contributed by atoms with Gasteiger partial charge in [0.25, 0.3) is 0 Å². The number of rotatable bonds is 3. The lowest BCUT2D eigenvalue weighted by atomic mass is 9.68. The van der Waals surface area contributed by atoms with Crippen LogP contribution in [0.2, 0.25) is 0 Å². The molecule has 0 saturated heterocycles. The van der Waals surface area contributed by atoms with Crippen molar-refractivity contribution in [2.24, 2.45) is 5.41 Å². The van der Waals surface area contributed by atoms with Gasteiger partial charge in [0.1, 0.15) is 17.5 Å². The fraction of sp³-hybridized carbons (Fsp3) is 0.364. The quantitative estimate of drug-likeness (QED) is 0.799. The van der Waals surface area contributed by atoms with Crippen LogP contribution in [0.25, 0.3) is 11.1 Å². The van der Waals surface area contributed by atoms with Gasteiger partial charge < -0.3 is 4.74 Å². The zero-order valence-electron chi connectivity index (χ0n) is 16.6. The zero-order valence-corrected chi connectivity index (χ0v) is 16.6. The topological polar surface area (TPSA) is 75.9 Å². The molecule has 2 heterocycles. The summed E-state index contributed by atoms with van der Waals surface area (Å²) in [7, 11) is 1.51. The molecule has 0 fully saturated rings. The van der Waals surface area contributed by atoms with Gasteiger partial charge in [0.2, 0.25) is 0 Å². The molecule has 6 heteroatoms. The second-order valence-corrected chi connectivity index (χ2v) is 7.84. The molecule has 144 valence electrons. The second-order valence-electron chi connectivity index (χ2n) is 7.84. The highest BCUT2D eigenvalue weighted by Crippen LogP contribution is 2.47. The number of halogens is 1. The summed E-state index contributed by atoms with van der Waals surface area (Å²) in [5.41, 5.74) is 1.43. The number of ether oxygens (including phenoxy) is 1. The lowest BCUT2D eigenvalue weighted by Crippen LogP contribution is -2.43. The minimum atomic E-state index is -1.13. The third kappa shape index (κ3) is 3.34. The van der Waals surface area contributed by atoms with E-state index in [2.05, 4.69) is 9.97 Å². The zero-order chi connectivity index (χ0) is 20.7. The summed E-state index contributed by atoms with van der Waals surface area (Å²) in [4.78, 5) is 21.3. The van der Waals surface area contributed by atoms with E-state index < -0.39 is 16.8 Å². The highest BCUT2D eigenvalue weighted by molar-refractivity contribution is 6.04. The number of Topliss-reactive ketones (excluding diaryl/α,β-unsaturated/α-hetero) is 1. The summed E-state index contributed by atoms with van der Waals surface area (Å²) in [6.45, 7) is 7.28. The van der Waals surface area contributed by atoms with Crippen LogP contribution >= 0.6 is 0 Å². The molecule has 2 aromatic rings. The van der Waals surface area contributed by atoms with Gasteiger partial charge in [-0.25, -0.2) is 4.39 Å². The van der Waals surface area contributed by atoms with E-state index in [9.17, 15) is 14.4 Å². The Labute approximate surface area is 163 Å². The van der Waals surface area contributed by atoms with Crippen molar-refractivity contribution in [2.75, 3.05) is 7.11 Å². The summed E-state index contributed by atoms with van der Waals surface area (Å²) >= 11 is 0. The van der Waals surface area contributed by atoms with Crippen LogP contribution in [0, 0.1) is 36.4 Å². The fourth-order valence-electron chi connectivity index (χ4n) is 3.90. The molecule has 3 rings (SSSR count). The Bertz CT molecular complexity index is 1020. The highest BCUT2D eigenvalue weighted by atomic mass is 19.1. The number of nitrogens with zero attached hydrogens (tertiary/aromatic N) is 3. The van der Waals surface area contributed by atoms with Gasteiger partial charge in [-0.3, -0.25) is 14.8 Å². The normalized spacial score (nSPS) is 21.2. The molecule has 0 radical (unpaired) electrons. The van der Waals surface area contributed by atoms with Crippen molar-refractivity contribution in [3.8, 4) is 17.2 Å². The molecule has 1 aliphatic carbocycles. The molecule has 5 nitrogen and oxygen atoms in total. The summed E-state index contributed by atoms with van der Waals surface area (Å²) in [5, 5.41) is 9.49. The first-order valence-electron chi connectivity index (χ1n) is 8.96. The summed E-state index contributed by atoms with van der Waals surface area (Å²) < 4.78 is 20.0. The maximum atomic E-state index is 14.1. The summed E-state index contributed by atoms with van der Waals surface area (Å²) in [6.07, 6.45) is 2.93. The molecule has 0 aliphatic heterocycles. The maximum absolute atomic E-state index is 14.1. The number of pyridine rings is 2. The molecule has 1 atom stereocenters. The van der Waals surface area contributed by atoms with Crippen LogP contribution < -0.4 is 0 Å². The van der Waals surface area contributed by atoms with Crippen molar-refractivity contribution in [3.05, 3.63) is 58.9 Å². The number of hydrogen-bond donors (Lipinski definition) is 0. The Morgan fingerprint density at radius 3 is 2.43 bits per heavy atom. The van der Waals surface area contributed by atoms with Gasteiger partial charge in [-0.15, -0.1) is 0 Å². The molecule has 0 N–H and O–H groups in total. The molecule has 2 aromatic heterocycles. The molecular weight excluding hydrogens is 357 g/mol. The molecule has 0 spiro atoms. The monoisotopic (exact) mass is 379 g/mol. The number of methoxy groups -OCH3 is 1.